The Bertz CT molecular complexity index is 915. The number of aromatic nitrogens is 2. The molecule has 128 valence electrons. The highest BCUT2D eigenvalue weighted by atomic mass is 32.1. The summed E-state index contributed by atoms with van der Waals surface area (Å²) in [5.74, 6) is 0.890. The van der Waals surface area contributed by atoms with Crippen LogP contribution in [0.4, 0.5) is 11.5 Å². The average Bonchev–Trinajstić information content (AvgIpc) is 3.08. The van der Waals surface area contributed by atoms with Gasteiger partial charge in [0.25, 0.3) is 5.91 Å². The van der Waals surface area contributed by atoms with Gasteiger partial charge < -0.3 is 10.2 Å². The topological polar surface area (TPSA) is 58.1 Å². The van der Waals surface area contributed by atoms with E-state index >= 15 is 0 Å². The first-order chi connectivity index (χ1) is 12.2. The molecule has 1 aliphatic rings. The number of benzene rings is 1. The summed E-state index contributed by atoms with van der Waals surface area (Å²) >= 11 is 1.50. The molecule has 0 radical (unpaired) electrons. The third-order valence-electron chi connectivity index (χ3n) is 4.49. The molecule has 1 aliphatic heterocycles. The van der Waals surface area contributed by atoms with Crippen molar-refractivity contribution in [3.8, 4) is 0 Å². The van der Waals surface area contributed by atoms with Gasteiger partial charge in [0.05, 0.1) is 10.4 Å². The van der Waals surface area contributed by atoms with Crippen LogP contribution in [0.15, 0.2) is 36.7 Å². The summed E-state index contributed by atoms with van der Waals surface area (Å²) in [7, 11) is 0. The van der Waals surface area contributed by atoms with Gasteiger partial charge in [-0.1, -0.05) is 0 Å². The van der Waals surface area contributed by atoms with E-state index in [4.69, 9.17) is 0 Å². The molecular formula is C19H20N4OS. The van der Waals surface area contributed by atoms with Crippen molar-refractivity contribution in [2.75, 3.05) is 23.3 Å². The number of anilines is 2. The molecule has 0 saturated carbocycles. The van der Waals surface area contributed by atoms with Crippen LogP contribution in [-0.2, 0) is 0 Å². The van der Waals surface area contributed by atoms with Crippen LogP contribution in [0.3, 0.4) is 0 Å². The number of rotatable bonds is 3. The number of carbonyl (C=O) groups excluding carboxylic acids is 1. The second-order valence-corrected chi connectivity index (χ2v) is 7.63. The van der Waals surface area contributed by atoms with Crippen molar-refractivity contribution in [2.45, 2.75) is 26.2 Å². The standard InChI is InChI=1S/C19H20N4OS/c1-13-5-8-17(25-13)19(24)22-14-6-7-16-15(11-14)18(21-12-20-16)23-9-3-2-4-10-23/h5-8,11-12H,2-4,9-10H2,1H3,(H,22,24). The molecule has 0 bridgehead atoms. The predicted molar refractivity (Wildman–Crippen MR) is 103 cm³/mol. The molecular weight excluding hydrogens is 332 g/mol. The summed E-state index contributed by atoms with van der Waals surface area (Å²) in [5.41, 5.74) is 1.68. The van der Waals surface area contributed by atoms with Crippen LogP contribution in [0, 0.1) is 6.92 Å². The molecule has 2 aromatic heterocycles. The first-order valence-electron chi connectivity index (χ1n) is 8.58. The molecule has 0 aliphatic carbocycles. The number of nitrogens with one attached hydrogen (secondary N) is 1. The van der Waals surface area contributed by atoms with Gasteiger partial charge in [-0.05, 0) is 56.5 Å². The smallest absolute Gasteiger partial charge is 0.265 e. The normalized spacial score (nSPS) is 14.7. The van der Waals surface area contributed by atoms with Crippen molar-refractivity contribution in [2.24, 2.45) is 0 Å². The third-order valence-corrected chi connectivity index (χ3v) is 5.49. The quantitative estimate of drug-likeness (QED) is 0.766. The number of fused-ring (bicyclic) bond motifs is 1. The molecule has 3 heterocycles. The van der Waals surface area contributed by atoms with Crippen LogP contribution in [0.1, 0.15) is 33.8 Å². The Balaban J connectivity index is 1.65. The zero-order valence-corrected chi connectivity index (χ0v) is 15.0. The summed E-state index contributed by atoms with van der Waals surface area (Å²) in [4.78, 5) is 25.5. The van der Waals surface area contributed by atoms with Crippen LogP contribution in [-0.4, -0.2) is 29.0 Å². The van der Waals surface area contributed by atoms with Crippen molar-refractivity contribution in [1.82, 2.24) is 9.97 Å². The van der Waals surface area contributed by atoms with E-state index in [1.54, 1.807) is 6.33 Å². The molecule has 1 fully saturated rings. The molecule has 1 N–H and O–H groups in total. The van der Waals surface area contributed by atoms with Gasteiger partial charge in [0, 0.05) is 29.0 Å². The molecule has 0 atom stereocenters. The number of hydrogen-bond acceptors (Lipinski definition) is 5. The summed E-state index contributed by atoms with van der Waals surface area (Å²) in [6.45, 7) is 4.05. The van der Waals surface area contributed by atoms with Gasteiger partial charge >= 0.3 is 0 Å². The van der Waals surface area contributed by atoms with Crippen LogP contribution < -0.4 is 10.2 Å². The van der Waals surface area contributed by atoms with E-state index in [9.17, 15) is 4.79 Å². The van der Waals surface area contributed by atoms with E-state index in [1.807, 2.05) is 37.3 Å². The monoisotopic (exact) mass is 352 g/mol. The van der Waals surface area contributed by atoms with Crippen LogP contribution >= 0.6 is 11.3 Å². The van der Waals surface area contributed by atoms with Gasteiger partial charge in [0.1, 0.15) is 12.1 Å². The molecule has 25 heavy (non-hydrogen) atoms. The zero-order valence-electron chi connectivity index (χ0n) is 14.2. The Hall–Kier alpha value is -2.47. The lowest BCUT2D eigenvalue weighted by Gasteiger charge is -2.28. The Morgan fingerprint density at radius 2 is 1.96 bits per heavy atom. The number of hydrogen-bond donors (Lipinski definition) is 1. The summed E-state index contributed by atoms with van der Waals surface area (Å²) in [5, 5.41) is 3.98. The van der Waals surface area contributed by atoms with Crippen LogP contribution in [0.5, 0.6) is 0 Å². The maximum Gasteiger partial charge on any atom is 0.265 e. The second-order valence-electron chi connectivity index (χ2n) is 6.34. The van der Waals surface area contributed by atoms with Gasteiger partial charge in [0.2, 0.25) is 0 Å². The van der Waals surface area contributed by atoms with Crippen molar-refractivity contribution in [3.05, 3.63) is 46.4 Å². The first-order valence-corrected chi connectivity index (χ1v) is 9.40. The van der Waals surface area contributed by atoms with Gasteiger partial charge in [0.15, 0.2) is 0 Å². The molecule has 3 aromatic rings. The van der Waals surface area contributed by atoms with Crippen molar-refractivity contribution < 1.29 is 4.79 Å². The van der Waals surface area contributed by atoms with E-state index in [0.717, 1.165) is 45.3 Å². The Kier molecular flexibility index (Phi) is 4.36. The van der Waals surface area contributed by atoms with Gasteiger partial charge in [-0.2, -0.15) is 0 Å². The van der Waals surface area contributed by atoms with E-state index in [0.29, 0.717) is 0 Å². The molecule has 4 rings (SSSR count). The highest BCUT2D eigenvalue weighted by Crippen LogP contribution is 2.28. The lowest BCUT2D eigenvalue weighted by Crippen LogP contribution is -2.30. The minimum atomic E-state index is -0.0752. The molecule has 6 heteroatoms. The number of thiophene rings is 1. The van der Waals surface area contributed by atoms with Gasteiger partial charge in [-0.3, -0.25) is 4.79 Å². The Morgan fingerprint density at radius 1 is 1.12 bits per heavy atom. The average molecular weight is 352 g/mol. The van der Waals surface area contributed by atoms with Gasteiger partial charge in [-0.25, -0.2) is 9.97 Å². The molecule has 1 aromatic carbocycles. The minimum absolute atomic E-state index is 0.0752. The molecule has 0 unspecified atom stereocenters. The Labute approximate surface area is 150 Å². The van der Waals surface area contributed by atoms with Crippen molar-refractivity contribution in [3.63, 3.8) is 0 Å². The van der Waals surface area contributed by atoms with Crippen molar-refractivity contribution in [1.29, 1.82) is 0 Å². The lowest BCUT2D eigenvalue weighted by molar-refractivity contribution is 0.103. The van der Waals surface area contributed by atoms with Gasteiger partial charge in [-0.15, -0.1) is 11.3 Å². The number of amides is 1. The SMILES string of the molecule is Cc1ccc(C(=O)Nc2ccc3ncnc(N4CCCCC4)c3c2)s1. The fourth-order valence-electron chi connectivity index (χ4n) is 3.23. The molecule has 1 amide bonds. The summed E-state index contributed by atoms with van der Waals surface area (Å²) in [6.07, 6.45) is 5.29. The molecule has 0 spiro atoms. The number of piperidine rings is 1. The van der Waals surface area contributed by atoms with E-state index in [-0.39, 0.29) is 5.91 Å². The first kappa shape index (κ1) is 16.0. The summed E-state index contributed by atoms with van der Waals surface area (Å²) in [6, 6.07) is 9.64. The van der Waals surface area contributed by atoms with Crippen molar-refractivity contribution >= 4 is 39.7 Å². The predicted octanol–water partition coefficient (Wildman–Crippen LogP) is 4.24. The number of nitrogens with zero attached hydrogens (tertiary/aromatic N) is 3. The highest BCUT2D eigenvalue weighted by Gasteiger charge is 2.16. The number of carbonyl (C=O) groups is 1. The zero-order chi connectivity index (χ0) is 17.2. The van der Waals surface area contributed by atoms with E-state index < -0.39 is 0 Å². The fraction of sp³-hybridized carbons (Fsp3) is 0.316. The minimum Gasteiger partial charge on any atom is -0.356 e. The third kappa shape index (κ3) is 3.35. The highest BCUT2D eigenvalue weighted by molar-refractivity contribution is 7.14. The van der Waals surface area contributed by atoms with Crippen LogP contribution in [0.2, 0.25) is 0 Å². The maximum absolute atomic E-state index is 12.4. The second kappa shape index (κ2) is 6.80. The van der Waals surface area contributed by atoms with E-state index in [2.05, 4.69) is 20.2 Å². The molecule has 1 saturated heterocycles. The summed E-state index contributed by atoms with van der Waals surface area (Å²) < 4.78 is 0. The Morgan fingerprint density at radius 3 is 2.72 bits per heavy atom. The van der Waals surface area contributed by atoms with E-state index in [1.165, 1.54) is 30.6 Å². The molecule has 5 nitrogen and oxygen atoms in total. The maximum atomic E-state index is 12.4. The van der Waals surface area contributed by atoms with Crippen LogP contribution in [0.25, 0.3) is 10.9 Å². The fourth-order valence-corrected chi connectivity index (χ4v) is 3.99. The number of aryl methyl sites for hydroxylation is 1. The lowest BCUT2D eigenvalue weighted by atomic mass is 10.1. The largest absolute Gasteiger partial charge is 0.356 e.